The Balaban J connectivity index is 1.42. The highest BCUT2D eigenvalue weighted by Crippen LogP contribution is 2.60. The number of nitrogens with one attached hydrogen (secondary N) is 2. The van der Waals surface area contributed by atoms with Crippen molar-refractivity contribution in [1.82, 2.24) is 15.3 Å². The van der Waals surface area contributed by atoms with E-state index in [4.69, 9.17) is 19.2 Å². The second-order valence-corrected chi connectivity index (χ2v) is 10.8. The van der Waals surface area contributed by atoms with Gasteiger partial charge in [0, 0.05) is 37.2 Å². The fourth-order valence-corrected chi connectivity index (χ4v) is 7.02. The molecule has 5 heterocycles. The highest BCUT2D eigenvalue weighted by Gasteiger charge is 2.69. The van der Waals surface area contributed by atoms with Gasteiger partial charge in [0.1, 0.15) is 0 Å². The topological polar surface area (TPSA) is 132 Å². The van der Waals surface area contributed by atoms with Gasteiger partial charge in [-0.3, -0.25) is 9.59 Å². The minimum atomic E-state index is -1.28. The Morgan fingerprint density at radius 1 is 1.24 bits per heavy atom. The molecule has 10 nitrogen and oxygen atoms in total. The molecule has 3 N–H and O–H groups in total. The van der Waals surface area contributed by atoms with Gasteiger partial charge in [-0.2, -0.15) is 0 Å². The summed E-state index contributed by atoms with van der Waals surface area (Å²) in [5, 5.41) is 12.7. The Hall–Kier alpha value is -2.01. The third-order valence-corrected chi connectivity index (χ3v) is 8.72. The molecular weight excluding hydrogens is 442 g/mol. The van der Waals surface area contributed by atoms with Gasteiger partial charge < -0.3 is 24.9 Å². The Kier molecular flexibility index (Phi) is 6.20. The summed E-state index contributed by atoms with van der Waals surface area (Å²) < 4.78 is 12.8. The summed E-state index contributed by atoms with van der Waals surface area (Å²) in [7, 11) is 0. The highest BCUT2D eigenvalue weighted by atomic mass is 17.2. The molecule has 1 unspecified atom stereocenters. The zero-order valence-corrected chi connectivity index (χ0v) is 20.0. The van der Waals surface area contributed by atoms with Gasteiger partial charge in [0.2, 0.25) is 5.91 Å². The van der Waals surface area contributed by atoms with Crippen molar-refractivity contribution in [3.05, 3.63) is 18.2 Å². The first-order chi connectivity index (χ1) is 16.3. The second kappa shape index (κ2) is 8.89. The molecule has 2 bridgehead atoms. The number of rotatable bonds is 7. The Labute approximate surface area is 199 Å². The first-order valence-corrected chi connectivity index (χ1v) is 12.4. The van der Waals surface area contributed by atoms with Crippen molar-refractivity contribution in [2.75, 3.05) is 6.54 Å². The van der Waals surface area contributed by atoms with E-state index in [1.165, 1.54) is 0 Å². The number of carbonyl (C=O) groups is 2. The van der Waals surface area contributed by atoms with E-state index in [0.717, 1.165) is 31.4 Å². The number of carboxylic acid groups (broad SMARTS) is 1. The van der Waals surface area contributed by atoms with Gasteiger partial charge in [-0.05, 0) is 43.9 Å². The first kappa shape index (κ1) is 23.7. The fourth-order valence-electron chi connectivity index (χ4n) is 7.02. The van der Waals surface area contributed by atoms with Crippen LogP contribution in [0.2, 0.25) is 0 Å². The van der Waals surface area contributed by atoms with Gasteiger partial charge in [-0.25, -0.2) is 14.8 Å². The molecule has 188 valence electrons. The molecule has 1 saturated carbocycles. The number of aliphatic carboxylic acids is 1. The minimum absolute atomic E-state index is 0.0300. The maximum Gasteiger partial charge on any atom is 0.304 e. The van der Waals surface area contributed by atoms with E-state index < -0.39 is 35.7 Å². The monoisotopic (exact) mass is 477 g/mol. The maximum atomic E-state index is 13.5. The smallest absolute Gasteiger partial charge is 0.304 e. The fraction of sp³-hybridized carbons (Fsp3) is 0.792. The Morgan fingerprint density at radius 3 is 2.76 bits per heavy atom. The second-order valence-electron chi connectivity index (χ2n) is 10.8. The third kappa shape index (κ3) is 3.75. The largest absolute Gasteiger partial charge is 0.481 e. The number of ether oxygens (including phenoxy) is 2. The first-order valence-electron chi connectivity index (χ1n) is 12.4. The van der Waals surface area contributed by atoms with E-state index >= 15 is 0 Å². The number of fused-ring (bicyclic) bond motifs is 2. The standard InChI is InChI=1S/C24H35N3O7/c1-13-4-5-17-14(2)20(32-22-24(17)16(13)6-7-19(31-22)33-34-24)23(3,10-18(28)29)21(30)26-9-8-15-11-25-12-27-15/h11-14,16-17,19-20,22H,4-10H2,1-3H3,(H,25,27)(H,26,30)(H,28,29)/t13-,14-,16+,17+,19?,20+,22+,23-,24-/m1/s1. The molecule has 5 fully saturated rings. The maximum absolute atomic E-state index is 13.5. The van der Waals surface area contributed by atoms with Crippen molar-refractivity contribution in [2.45, 2.75) is 83.6 Å². The number of aromatic nitrogens is 2. The number of aromatic amines is 1. The zero-order chi connectivity index (χ0) is 24.1. The lowest BCUT2D eigenvalue weighted by Crippen LogP contribution is -2.71. The number of H-pyrrole nitrogens is 1. The van der Waals surface area contributed by atoms with E-state index in [2.05, 4.69) is 22.2 Å². The predicted molar refractivity (Wildman–Crippen MR) is 118 cm³/mol. The van der Waals surface area contributed by atoms with Gasteiger partial charge in [-0.1, -0.05) is 13.8 Å². The summed E-state index contributed by atoms with van der Waals surface area (Å²) in [6, 6.07) is 0. The van der Waals surface area contributed by atoms with Crippen LogP contribution in [0.5, 0.6) is 0 Å². The number of imidazole rings is 1. The molecule has 1 spiro atoms. The summed E-state index contributed by atoms with van der Waals surface area (Å²) in [6.07, 6.45) is 5.24. The van der Waals surface area contributed by atoms with E-state index in [-0.39, 0.29) is 30.1 Å². The molecule has 10 heteroatoms. The molecule has 6 rings (SSSR count). The third-order valence-electron chi connectivity index (χ3n) is 8.72. The van der Waals surface area contributed by atoms with Crippen molar-refractivity contribution in [3.63, 3.8) is 0 Å². The van der Waals surface area contributed by atoms with Gasteiger partial charge in [-0.15, -0.1) is 0 Å². The van der Waals surface area contributed by atoms with Gasteiger partial charge >= 0.3 is 5.97 Å². The molecule has 9 atom stereocenters. The molecule has 0 aromatic carbocycles. The molecule has 1 amide bonds. The lowest BCUT2D eigenvalue weighted by molar-refractivity contribution is -0.545. The average molecular weight is 478 g/mol. The van der Waals surface area contributed by atoms with Crippen LogP contribution in [0, 0.1) is 29.1 Å². The normalized spacial score (nSPS) is 40.6. The van der Waals surface area contributed by atoms with Crippen molar-refractivity contribution >= 4 is 11.9 Å². The summed E-state index contributed by atoms with van der Waals surface area (Å²) in [5.41, 5.74) is -1.12. The van der Waals surface area contributed by atoms with Crippen LogP contribution in [0.15, 0.2) is 12.5 Å². The molecular formula is C24H35N3O7. The van der Waals surface area contributed by atoms with Crippen LogP contribution in [0.3, 0.4) is 0 Å². The SMILES string of the molecule is C[C@@H]1[C@@H]2CC[C@@H](C)[C@@H]3CCC4OO[C@@]23[C@@H](O4)O[C@@H]1[C@@](C)(CC(=O)O)C(=O)NCCc1cnc[nH]1. The lowest BCUT2D eigenvalue weighted by atomic mass is 9.55. The summed E-state index contributed by atoms with van der Waals surface area (Å²) in [4.78, 5) is 44.2. The summed E-state index contributed by atoms with van der Waals surface area (Å²) in [5.74, 6) is -0.815. The van der Waals surface area contributed by atoms with Crippen LogP contribution in [0.4, 0.5) is 0 Å². The van der Waals surface area contributed by atoms with Crippen LogP contribution in [-0.4, -0.2) is 57.8 Å². The number of hydrogen-bond acceptors (Lipinski definition) is 7. The zero-order valence-electron chi connectivity index (χ0n) is 20.0. The number of amides is 1. The quantitative estimate of drug-likeness (QED) is 0.510. The van der Waals surface area contributed by atoms with E-state index in [1.807, 2.05) is 6.92 Å². The van der Waals surface area contributed by atoms with Crippen molar-refractivity contribution < 1.29 is 33.9 Å². The molecule has 4 saturated heterocycles. The average Bonchev–Trinajstić information content (AvgIpc) is 3.17. The molecule has 1 aromatic rings. The summed E-state index contributed by atoms with van der Waals surface area (Å²) >= 11 is 0. The number of hydrogen-bond donors (Lipinski definition) is 3. The van der Waals surface area contributed by atoms with Crippen LogP contribution >= 0.6 is 0 Å². The number of nitrogens with zero attached hydrogens (tertiary/aromatic N) is 1. The predicted octanol–water partition coefficient (Wildman–Crippen LogP) is 2.41. The molecule has 5 aliphatic rings. The molecule has 1 aliphatic carbocycles. The molecule has 4 aliphatic heterocycles. The van der Waals surface area contributed by atoms with E-state index in [9.17, 15) is 14.7 Å². The molecule has 0 radical (unpaired) electrons. The van der Waals surface area contributed by atoms with E-state index in [0.29, 0.717) is 18.9 Å². The van der Waals surface area contributed by atoms with Gasteiger partial charge in [0.15, 0.2) is 18.2 Å². The highest BCUT2D eigenvalue weighted by molar-refractivity contribution is 5.87. The van der Waals surface area contributed by atoms with Crippen LogP contribution in [0.1, 0.15) is 58.6 Å². The molecule has 1 aromatic heterocycles. The van der Waals surface area contributed by atoms with Crippen LogP contribution < -0.4 is 5.32 Å². The Morgan fingerprint density at radius 2 is 2.03 bits per heavy atom. The number of carbonyl (C=O) groups excluding carboxylic acids is 1. The lowest BCUT2D eigenvalue weighted by Gasteiger charge is -2.61. The molecule has 34 heavy (non-hydrogen) atoms. The van der Waals surface area contributed by atoms with E-state index in [1.54, 1.807) is 19.4 Å². The Bertz CT molecular complexity index is 910. The van der Waals surface area contributed by atoms with Crippen LogP contribution in [-0.2, 0) is 35.3 Å². The van der Waals surface area contributed by atoms with Gasteiger partial charge in [0.05, 0.1) is 24.3 Å². The minimum Gasteiger partial charge on any atom is -0.481 e. The van der Waals surface area contributed by atoms with Crippen LogP contribution in [0.25, 0.3) is 0 Å². The van der Waals surface area contributed by atoms with Crippen molar-refractivity contribution in [2.24, 2.45) is 29.1 Å². The van der Waals surface area contributed by atoms with Crippen molar-refractivity contribution in [1.29, 1.82) is 0 Å². The van der Waals surface area contributed by atoms with Gasteiger partial charge in [0.25, 0.3) is 0 Å². The summed E-state index contributed by atoms with van der Waals surface area (Å²) in [6.45, 7) is 6.35. The number of carboxylic acids is 1. The van der Waals surface area contributed by atoms with Crippen molar-refractivity contribution in [3.8, 4) is 0 Å².